The van der Waals surface area contributed by atoms with Crippen LogP contribution in [0.25, 0.3) is 0 Å². The van der Waals surface area contributed by atoms with Crippen molar-refractivity contribution in [3.63, 3.8) is 0 Å². The Balaban J connectivity index is 1.86. The van der Waals surface area contributed by atoms with Crippen LogP contribution in [0.1, 0.15) is 17.2 Å². The van der Waals surface area contributed by atoms with Gasteiger partial charge in [-0.05, 0) is 36.8 Å². The Morgan fingerprint density at radius 3 is 2.48 bits per heavy atom. The van der Waals surface area contributed by atoms with E-state index in [1.807, 2.05) is 37.3 Å². The van der Waals surface area contributed by atoms with Gasteiger partial charge in [-0.15, -0.1) is 0 Å². The highest BCUT2D eigenvalue weighted by Crippen LogP contribution is 2.32. The van der Waals surface area contributed by atoms with Crippen LogP contribution in [0.4, 0.5) is 4.39 Å². The minimum Gasteiger partial charge on any atom is -0.485 e. The van der Waals surface area contributed by atoms with Gasteiger partial charge in [0.15, 0.2) is 0 Å². The molecular weight excluding hydrogens is 289 g/mol. The highest BCUT2D eigenvalue weighted by atomic mass is 35.5. The maximum atomic E-state index is 13.7. The van der Waals surface area contributed by atoms with Gasteiger partial charge in [-0.3, -0.25) is 0 Å². The van der Waals surface area contributed by atoms with Crippen molar-refractivity contribution < 1.29 is 9.13 Å². The predicted octanol–water partition coefficient (Wildman–Crippen LogP) is 4.13. The van der Waals surface area contributed by atoms with Crippen LogP contribution in [0.2, 0.25) is 5.02 Å². The van der Waals surface area contributed by atoms with Crippen molar-refractivity contribution in [1.82, 2.24) is 5.32 Å². The number of halogens is 2. The minimum absolute atomic E-state index is 0.138. The van der Waals surface area contributed by atoms with E-state index in [9.17, 15) is 4.39 Å². The fourth-order valence-corrected chi connectivity index (χ4v) is 2.53. The van der Waals surface area contributed by atoms with Crippen LogP contribution in [-0.4, -0.2) is 13.1 Å². The molecule has 0 amide bonds. The maximum Gasteiger partial charge on any atom is 0.142 e. The summed E-state index contributed by atoms with van der Waals surface area (Å²) in [7, 11) is 0. The topological polar surface area (TPSA) is 21.3 Å². The number of aryl methyl sites for hydroxylation is 1. The molecule has 1 unspecified atom stereocenters. The maximum absolute atomic E-state index is 13.7. The van der Waals surface area contributed by atoms with Crippen molar-refractivity contribution in [2.24, 2.45) is 5.92 Å². The molecule has 2 aromatic carbocycles. The van der Waals surface area contributed by atoms with Crippen LogP contribution in [0, 0.1) is 18.7 Å². The molecule has 0 aliphatic carbocycles. The predicted molar refractivity (Wildman–Crippen MR) is 82.3 cm³/mol. The summed E-state index contributed by atoms with van der Waals surface area (Å²) in [5.41, 5.74) is 2.01. The molecule has 1 fully saturated rings. The first-order chi connectivity index (χ1) is 10.1. The quantitative estimate of drug-likeness (QED) is 0.917. The van der Waals surface area contributed by atoms with Gasteiger partial charge in [0.2, 0.25) is 0 Å². The molecule has 1 aliphatic rings. The number of ether oxygens (including phenoxy) is 1. The van der Waals surface area contributed by atoms with Crippen molar-refractivity contribution in [1.29, 1.82) is 0 Å². The van der Waals surface area contributed by atoms with Gasteiger partial charge in [-0.2, -0.15) is 0 Å². The number of hydrogen-bond donors (Lipinski definition) is 1. The second kappa shape index (κ2) is 6.04. The normalized spacial score (nSPS) is 16.3. The zero-order valence-corrected chi connectivity index (χ0v) is 12.5. The molecule has 0 bridgehead atoms. The third kappa shape index (κ3) is 3.20. The first-order valence-electron chi connectivity index (χ1n) is 7.02. The van der Waals surface area contributed by atoms with E-state index in [0.29, 0.717) is 5.92 Å². The number of hydrogen-bond acceptors (Lipinski definition) is 2. The van der Waals surface area contributed by atoms with Crippen LogP contribution in [0.5, 0.6) is 5.75 Å². The summed E-state index contributed by atoms with van der Waals surface area (Å²) in [4.78, 5) is 0. The van der Waals surface area contributed by atoms with Crippen molar-refractivity contribution in [2.45, 2.75) is 13.0 Å². The van der Waals surface area contributed by atoms with E-state index < -0.39 is 5.82 Å². The third-order valence-corrected chi connectivity index (χ3v) is 4.10. The van der Waals surface area contributed by atoms with Crippen LogP contribution >= 0.6 is 11.6 Å². The third-order valence-electron chi connectivity index (χ3n) is 3.80. The standard InChI is InChI=1S/C17H17ClFNO/c1-11-2-5-14(6-3-11)21-17(13-9-20-10-13)12-4-7-15(18)16(19)8-12/h2-8,13,17,20H,9-10H2,1H3. The summed E-state index contributed by atoms with van der Waals surface area (Å²) in [5, 5.41) is 3.37. The average molecular weight is 306 g/mol. The molecule has 3 rings (SSSR count). The first kappa shape index (κ1) is 14.4. The van der Waals surface area contributed by atoms with Crippen molar-refractivity contribution >= 4 is 11.6 Å². The van der Waals surface area contributed by atoms with Crippen LogP contribution in [0.15, 0.2) is 42.5 Å². The van der Waals surface area contributed by atoms with Crippen LogP contribution in [-0.2, 0) is 0 Å². The number of benzene rings is 2. The zero-order valence-electron chi connectivity index (χ0n) is 11.8. The second-order valence-corrected chi connectivity index (χ2v) is 5.85. The van der Waals surface area contributed by atoms with Crippen LogP contribution in [0.3, 0.4) is 0 Å². The smallest absolute Gasteiger partial charge is 0.142 e. The minimum atomic E-state index is -0.404. The fraction of sp³-hybridized carbons (Fsp3) is 0.294. The average Bonchev–Trinajstić information content (AvgIpc) is 2.41. The lowest BCUT2D eigenvalue weighted by Gasteiger charge is -2.35. The van der Waals surface area contributed by atoms with Gasteiger partial charge in [0.25, 0.3) is 0 Å². The summed E-state index contributed by atoms with van der Waals surface area (Å²) in [6, 6.07) is 12.8. The molecule has 0 saturated carbocycles. The molecule has 0 spiro atoms. The summed E-state index contributed by atoms with van der Waals surface area (Å²) in [6.07, 6.45) is -0.166. The lowest BCUT2D eigenvalue weighted by atomic mass is 9.90. The molecule has 1 saturated heterocycles. The lowest BCUT2D eigenvalue weighted by Crippen LogP contribution is -2.46. The van der Waals surface area contributed by atoms with Gasteiger partial charge < -0.3 is 10.1 Å². The van der Waals surface area contributed by atoms with Gasteiger partial charge in [-0.1, -0.05) is 35.4 Å². The summed E-state index contributed by atoms with van der Waals surface area (Å²) in [5.74, 6) is 0.735. The van der Waals surface area contributed by atoms with Gasteiger partial charge in [0.05, 0.1) is 5.02 Å². The molecule has 1 aliphatic heterocycles. The number of rotatable bonds is 4. The Morgan fingerprint density at radius 1 is 1.19 bits per heavy atom. The van der Waals surface area contributed by atoms with E-state index in [2.05, 4.69) is 5.32 Å². The molecule has 1 heterocycles. The van der Waals surface area contributed by atoms with Gasteiger partial charge >= 0.3 is 0 Å². The van der Waals surface area contributed by atoms with E-state index >= 15 is 0 Å². The SMILES string of the molecule is Cc1ccc(OC(c2ccc(Cl)c(F)c2)C2CNC2)cc1. The molecule has 0 radical (unpaired) electrons. The number of nitrogens with one attached hydrogen (secondary N) is 1. The van der Waals surface area contributed by atoms with Gasteiger partial charge in [0.1, 0.15) is 17.7 Å². The fourth-order valence-electron chi connectivity index (χ4n) is 2.41. The van der Waals surface area contributed by atoms with Crippen molar-refractivity contribution in [2.75, 3.05) is 13.1 Å². The van der Waals surface area contributed by atoms with Gasteiger partial charge in [-0.25, -0.2) is 4.39 Å². The van der Waals surface area contributed by atoms with Gasteiger partial charge in [0, 0.05) is 19.0 Å². The lowest BCUT2D eigenvalue weighted by molar-refractivity contribution is 0.0990. The Hall–Kier alpha value is -1.58. The Labute approximate surface area is 128 Å². The molecule has 110 valence electrons. The molecule has 4 heteroatoms. The first-order valence-corrected chi connectivity index (χ1v) is 7.40. The molecule has 2 nitrogen and oxygen atoms in total. The summed E-state index contributed by atoms with van der Waals surface area (Å²) < 4.78 is 19.8. The molecule has 1 N–H and O–H groups in total. The molecule has 2 aromatic rings. The van der Waals surface area contributed by atoms with Crippen molar-refractivity contribution in [3.8, 4) is 5.75 Å². The molecule has 21 heavy (non-hydrogen) atoms. The van der Waals surface area contributed by atoms with E-state index in [1.54, 1.807) is 6.07 Å². The molecular formula is C17H17ClFNO. The summed E-state index contributed by atoms with van der Waals surface area (Å²) >= 11 is 5.76. The largest absolute Gasteiger partial charge is 0.485 e. The summed E-state index contributed by atoms with van der Waals surface area (Å²) in [6.45, 7) is 3.78. The van der Waals surface area contributed by atoms with E-state index in [0.717, 1.165) is 24.4 Å². The van der Waals surface area contributed by atoms with Crippen molar-refractivity contribution in [3.05, 3.63) is 64.4 Å². The second-order valence-electron chi connectivity index (χ2n) is 5.44. The van der Waals surface area contributed by atoms with Crippen LogP contribution < -0.4 is 10.1 Å². The Kier molecular flexibility index (Phi) is 4.13. The van der Waals surface area contributed by atoms with E-state index in [4.69, 9.17) is 16.3 Å². The highest BCUT2D eigenvalue weighted by Gasteiger charge is 2.30. The van der Waals surface area contributed by atoms with E-state index in [-0.39, 0.29) is 11.1 Å². The van der Waals surface area contributed by atoms with E-state index in [1.165, 1.54) is 11.6 Å². The highest BCUT2D eigenvalue weighted by molar-refractivity contribution is 6.30. The molecule has 0 aromatic heterocycles. The Bertz CT molecular complexity index is 625. The molecule has 1 atom stereocenters. The zero-order chi connectivity index (χ0) is 14.8. The monoisotopic (exact) mass is 305 g/mol. The Morgan fingerprint density at radius 2 is 1.90 bits per heavy atom.